The second kappa shape index (κ2) is 6.05. The van der Waals surface area contributed by atoms with E-state index in [4.69, 9.17) is 0 Å². The second-order valence-corrected chi connectivity index (χ2v) is 6.85. The van der Waals surface area contributed by atoms with Crippen molar-refractivity contribution in [2.45, 2.75) is 23.5 Å². The molecule has 0 bridgehead atoms. The van der Waals surface area contributed by atoms with E-state index in [1.807, 2.05) is 30.3 Å². The molecule has 3 aromatic heterocycles. The number of rotatable bonds is 4. The van der Waals surface area contributed by atoms with Crippen molar-refractivity contribution in [1.82, 2.24) is 30.2 Å². The number of benzene rings is 1. The van der Waals surface area contributed by atoms with Gasteiger partial charge in [0.2, 0.25) is 5.16 Å². The van der Waals surface area contributed by atoms with Crippen molar-refractivity contribution in [3.63, 3.8) is 0 Å². The summed E-state index contributed by atoms with van der Waals surface area (Å²) < 4.78 is 1.71. The zero-order valence-electron chi connectivity index (χ0n) is 12.2. The van der Waals surface area contributed by atoms with Crippen molar-refractivity contribution in [2.75, 3.05) is 0 Å². The van der Waals surface area contributed by atoms with Crippen LogP contribution >= 0.6 is 23.1 Å². The lowest BCUT2D eigenvalue weighted by Gasteiger charge is -2.03. The van der Waals surface area contributed by atoms with Crippen LogP contribution in [0.5, 0.6) is 0 Å². The zero-order valence-corrected chi connectivity index (χ0v) is 13.9. The van der Waals surface area contributed by atoms with Crippen LogP contribution in [-0.2, 0) is 6.42 Å². The quantitative estimate of drug-likeness (QED) is 0.531. The molecule has 0 aliphatic rings. The third kappa shape index (κ3) is 2.71. The predicted molar refractivity (Wildman–Crippen MR) is 90.1 cm³/mol. The molecule has 0 fully saturated rings. The molecule has 23 heavy (non-hydrogen) atoms. The van der Waals surface area contributed by atoms with Crippen molar-refractivity contribution in [3.05, 3.63) is 47.6 Å². The number of aromatic nitrogens is 6. The molecule has 0 unspecified atom stereocenters. The number of nitrogens with zero attached hydrogens (tertiary/aromatic N) is 6. The van der Waals surface area contributed by atoms with Crippen LogP contribution in [0.3, 0.4) is 0 Å². The molecule has 0 atom stereocenters. The fourth-order valence-electron chi connectivity index (χ4n) is 2.20. The normalized spacial score (nSPS) is 11.2. The van der Waals surface area contributed by atoms with Crippen LogP contribution in [0, 0.1) is 0 Å². The van der Waals surface area contributed by atoms with Crippen molar-refractivity contribution in [3.8, 4) is 5.69 Å². The summed E-state index contributed by atoms with van der Waals surface area (Å²) in [6.45, 7) is 2.14. The van der Waals surface area contributed by atoms with Crippen LogP contribution in [0.15, 0.2) is 52.9 Å². The number of tetrazole rings is 1. The van der Waals surface area contributed by atoms with E-state index >= 15 is 0 Å². The maximum atomic E-state index is 4.41. The Kier molecular flexibility index (Phi) is 3.76. The Morgan fingerprint density at radius 3 is 2.87 bits per heavy atom. The van der Waals surface area contributed by atoms with Gasteiger partial charge in [0.1, 0.15) is 16.2 Å². The molecule has 3 heterocycles. The molecular formula is C15H12N6S2. The van der Waals surface area contributed by atoms with Crippen LogP contribution in [0.4, 0.5) is 0 Å². The van der Waals surface area contributed by atoms with E-state index in [-0.39, 0.29) is 0 Å². The molecule has 4 rings (SSSR count). The van der Waals surface area contributed by atoms with E-state index in [9.17, 15) is 0 Å². The Balaban J connectivity index is 1.75. The topological polar surface area (TPSA) is 69.4 Å². The summed E-state index contributed by atoms with van der Waals surface area (Å²) in [5, 5.41) is 14.6. The van der Waals surface area contributed by atoms with Gasteiger partial charge < -0.3 is 0 Å². The monoisotopic (exact) mass is 340 g/mol. The molecular weight excluding hydrogens is 328 g/mol. The molecule has 114 valence electrons. The van der Waals surface area contributed by atoms with Crippen LogP contribution in [0.25, 0.3) is 15.9 Å². The molecule has 0 amide bonds. The first-order valence-corrected chi connectivity index (χ1v) is 8.73. The minimum Gasteiger partial charge on any atom is -0.229 e. The Hall–Kier alpha value is -2.32. The fourth-order valence-corrected chi connectivity index (χ4v) is 4.04. The maximum absolute atomic E-state index is 4.41. The number of hydrogen-bond acceptors (Lipinski definition) is 7. The van der Waals surface area contributed by atoms with Crippen molar-refractivity contribution >= 4 is 33.3 Å². The molecule has 8 heteroatoms. The maximum Gasteiger partial charge on any atom is 0.220 e. The average molecular weight is 340 g/mol. The largest absolute Gasteiger partial charge is 0.229 e. The lowest BCUT2D eigenvalue weighted by molar-refractivity contribution is 0.756. The highest BCUT2D eigenvalue weighted by Gasteiger charge is 2.14. The number of hydrogen-bond donors (Lipinski definition) is 0. The average Bonchev–Trinajstić information content (AvgIpc) is 3.22. The minimum absolute atomic E-state index is 0.681. The molecule has 0 aliphatic carbocycles. The van der Waals surface area contributed by atoms with Crippen molar-refractivity contribution in [1.29, 1.82) is 0 Å². The van der Waals surface area contributed by atoms with Gasteiger partial charge in [0.25, 0.3) is 0 Å². The first kappa shape index (κ1) is 14.3. The van der Waals surface area contributed by atoms with Crippen molar-refractivity contribution < 1.29 is 0 Å². The summed E-state index contributed by atoms with van der Waals surface area (Å²) in [5.74, 6) is 0. The van der Waals surface area contributed by atoms with Crippen LogP contribution in [0.2, 0.25) is 0 Å². The minimum atomic E-state index is 0.681. The molecule has 0 saturated heterocycles. The number of aryl methyl sites for hydroxylation is 1. The van der Waals surface area contributed by atoms with E-state index in [0.29, 0.717) is 5.16 Å². The lowest BCUT2D eigenvalue weighted by atomic mass is 10.3. The molecule has 4 aromatic rings. The Morgan fingerprint density at radius 2 is 2.04 bits per heavy atom. The summed E-state index contributed by atoms with van der Waals surface area (Å²) in [6, 6.07) is 12.0. The summed E-state index contributed by atoms with van der Waals surface area (Å²) in [6.07, 6.45) is 2.59. The number of fused-ring (bicyclic) bond motifs is 1. The van der Waals surface area contributed by atoms with Gasteiger partial charge in [-0.2, -0.15) is 4.68 Å². The molecule has 0 saturated carbocycles. The van der Waals surface area contributed by atoms with Crippen LogP contribution in [0.1, 0.15) is 11.8 Å². The Bertz CT molecular complexity index is 947. The van der Waals surface area contributed by atoms with E-state index < -0.39 is 0 Å². The highest BCUT2D eigenvalue weighted by molar-refractivity contribution is 7.99. The standard InChI is InChI=1S/C15H12N6S2/c1-2-11-8-12-13(22-11)16-9-17-14(12)23-15-18-19-20-21(15)10-6-4-3-5-7-10/h3-9H,2H2,1H3. The Labute approximate surface area is 140 Å². The third-order valence-electron chi connectivity index (χ3n) is 3.32. The summed E-state index contributed by atoms with van der Waals surface area (Å²) in [7, 11) is 0. The highest BCUT2D eigenvalue weighted by atomic mass is 32.2. The van der Waals surface area contributed by atoms with Gasteiger partial charge in [-0.05, 0) is 46.8 Å². The molecule has 0 N–H and O–H groups in total. The van der Waals surface area contributed by atoms with E-state index in [1.54, 1.807) is 22.3 Å². The van der Waals surface area contributed by atoms with Gasteiger partial charge in [-0.1, -0.05) is 25.1 Å². The molecule has 0 aliphatic heterocycles. The molecule has 6 nitrogen and oxygen atoms in total. The smallest absolute Gasteiger partial charge is 0.220 e. The SMILES string of the molecule is CCc1cc2c(Sc3nnnn3-c3ccccc3)ncnc2s1. The molecule has 0 spiro atoms. The van der Waals surface area contributed by atoms with Crippen molar-refractivity contribution in [2.24, 2.45) is 0 Å². The van der Waals surface area contributed by atoms with Gasteiger partial charge in [0.15, 0.2) is 0 Å². The van der Waals surface area contributed by atoms with Crippen LogP contribution < -0.4 is 0 Å². The number of para-hydroxylation sites is 1. The first-order valence-electron chi connectivity index (χ1n) is 7.10. The summed E-state index contributed by atoms with van der Waals surface area (Å²) in [5.41, 5.74) is 0.921. The Morgan fingerprint density at radius 1 is 1.17 bits per heavy atom. The van der Waals surface area contributed by atoms with E-state index in [2.05, 4.69) is 38.5 Å². The van der Waals surface area contributed by atoms with Gasteiger partial charge in [-0.15, -0.1) is 16.4 Å². The van der Waals surface area contributed by atoms with Crippen LogP contribution in [-0.4, -0.2) is 30.2 Å². The second-order valence-electron chi connectivity index (χ2n) is 4.77. The predicted octanol–water partition coefficient (Wildman–Crippen LogP) is 3.38. The summed E-state index contributed by atoms with van der Waals surface area (Å²) in [4.78, 5) is 11.1. The summed E-state index contributed by atoms with van der Waals surface area (Å²) >= 11 is 3.15. The molecule has 1 aromatic carbocycles. The van der Waals surface area contributed by atoms with E-state index in [1.165, 1.54) is 16.6 Å². The molecule has 0 radical (unpaired) electrons. The lowest BCUT2D eigenvalue weighted by Crippen LogP contribution is -1.98. The first-order chi connectivity index (χ1) is 11.3. The van der Waals surface area contributed by atoms with Gasteiger partial charge in [-0.25, -0.2) is 9.97 Å². The fraction of sp³-hybridized carbons (Fsp3) is 0.133. The van der Waals surface area contributed by atoms with Gasteiger partial charge >= 0.3 is 0 Å². The van der Waals surface area contributed by atoms with Gasteiger partial charge in [0, 0.05) is 10.3 Å². The van der Waals surface area contributed by atoms with Gasteiger partial charge in [0.05, 0.1) is 5.69 Å². The highest BCUT2D eigenvalue weighted by Crippen LogP contribution is 2.34. The number of thiophene rings is 1. The zero-order chi connectivity index (χ0) is 15.6. The third-order valence-corrected chi connectivity index (χ3v) is 5.47. The van der Waals surface area contributed by atoms with Gasteiger partial charge in [-0.3, -0.25) is 0 Å². The van der Waals surface area contributed by atoms with E-state index in [0.717, 1.165) is 27.4 Å².